The molecule has 0 saturated carbocycles. The number of para-hydroxylation sites is 1. The van der Waals surface area contributed by atoms with Crippen molar-refractivity contribution in [1.82, 2.24) is 9.88 Å². The largest absolute Gasteiger partial charge is 0.340 e. The molecule has 126 valence electrons. The van der Waals surface area contributed by atoms with E-state index in [1.165, 1.54) is 6.42 Å². The van der Waals surface area contributed by atoms with Crippen molar-refractivity contribution >= 4 is 28.3 Å². The minimum Gasteiger partial charge on any atom is -0.340 e. The zero-order chi connectivity index (χ0) is 17.1. The highest BCUT2D eigenvalue weighted by molar-refractivity contribution is 5.94. The van der Waals surface area contributed by atoms with Crippen molar-refractivity contribution in [2.24, 2.45) is 0 Å². The number of aromatic nitrogens is 1. The van der Waals surface area contributed by atoms with Crippen LogP contribution in [0.15, 0.2) is 60.7 Å². The number of carbonyl (C=O) groups excluding carboxylic acids is 1. The topological polar surface area (TPSA) is 45.2 Å². The smallest absolute Gasteiger partial charge is 0.253 e. The molecule has 0 atom stereocenters. The van der Waals surface area contributed by atoms with Crippen LogP contribution < -0.4 is 5.32 Å². The summed E-state index contributed by atoms with van der Waals surface area (Å²) in [6.07, 6.45) is 3.45. The van der Waals surface area contributed by atoms with Crippen LogP contribution in [0.1, 0.15) is 29.6 Å². The lowest BCUT2D eigenvalue weighted by molar-refractivity contribution is 0.0724. The number of nitrogens with zero attached hydrogens (tertiary/aromatic N) is 2. The number of piperidine rings is 1. The van der Waals surface area contributed by atoms with Crippen LogP contribution >= 0.6 is 0 Å². The third kappa shape index (κ3) is 3.48. The van der Waals surface area contributed by atoms with Gasteiger partial charge in [-0.2, -0.15) is 0 Å². The number of pyridine rings is 1. The molecular formula is C21H21N3O. The second-order valence-corrected chi connectivity index (χ2v) is 6.44. The highest BCUT2D eigenvalue weighted by atomic mass is 16.2. The maximum Gasteiger partial charge on any atom is 0.253 e. The van der Waals surface area contributed by atoms with Gasteiger partial charge in [-0.1, -0.05) is 18.2 Å². The number of likely N-dealkylation sites (tertiary alicyclic amines) is 1. The van der Waals surface area contributed by atoms with E-state index in [1.807, 2.05) is 59.5 Å². The average molecular weight is 331 g/mol. The van der Waals surface area contributed by atoms with Crippen molar-refractivity contribution in [3.05, 3.63) is 66.2 Å². The molecule has 0 unspecified atom stereocenters. The number of rotatable bonds is 3. The van der Waals surface area contributed by atoms with Crippen molar-refractivity contribution in [2.45, 2.75) is 19.3 Å². The summed E-state index contributed by atoms with van der Waals surface area (Å²) in [5, 5.41) is 4.43. The van der Waals surface area contributed by atoms with Gasteiger partial charge in [-0.05, 0) is 61.7 Å². The van der Waals surface area contributed by atoms with Crippen LogP contribution in [0.5, 0.6) is 0 Å². The molecule has 1 aromatic heterocycles. The summed E-state index contributed by atoms with van der Waals surface area (Å²) in [7, 11) is 0. The number of nitrogens with one attached hydrogen (secondary N) is 1. The van der Waals surface area contributed by atoms with Crippen LogP contribution in [0.4, 0.5) is 11.5 Å². The zero-order valence-electron chi connectivity index (χ0n) is 14.1. The van der Waals surface area contributed by atoms with Crippen LogP contribution in [0.2, 0.25) is 0 Å². The lowest BCUT2D eigenvalue weighted by Gasteiger charge is -2.26. The number of hydrogen-bond acceptors (Lipinski definition) is 3. The van der Waals surface area contributed by atoms with E-state index in [2.05, 4.69) is 16.4 Å². The van der Waals surface area contributed by atoms with Crippen LogP contribution in [0.25, 0.3) is 10.9 Å². The lowest BCUT2D eigenvalue weighted by atomic mass is 10.1. The fraction of sp³-hybridized carbons (Fsp3) is 0.238. The molecule has 4 heteroatoms. The number of fused-ring (bicyclic) bond motifs is 1. The molecule has 1 fully saturated rings. The third-order valence-corrected chi connectivity index (χ3v) is 4.65. The first kappa shape index (κ1) is 15.6. The lowest BCUT2D eigenvalue weighted by Crippen LogP contribution is -2.35. The van der Waals surface area contributed by atoms with Crippen LogP contribution in [-0.2, 0) is 0 Å². The van der Waals surface area contributed by atoms with Gasteiger partial charge in [0.05, 0.1) is 5.52 Å². The van der Waals surface area contributed by atoms with Gasteiger partial charge in [-0.25, -0.2) is 4.98 Å². The Kier molecular flexibility index (Phi) is 4.34. The fourth-order valence-corrected chi connectivity index (χ4v) is 3.26. The van der Waals surface area contributed by atoms with Gasteiger partial charge in [0, 0.05) is 29.7 Å². The Morgan fingerprint density at radius 3 is 2.44 bits per heavy atom. The van der Waals surface area contributed by atoms with Gasteiger partial charge in [-0.3, -0.25) is 4.79 Å². The Morgan fingerprint density at radius 2 is 1.64 bits per heavy atom. The van der Waals surface area contributed by atoms with E-state index >= 15 is 0 Å². The first-order valence-corrected chi connectivity index (χ1v) is 8.82. The number of amides is 1. The molecule has 1 aliphatic rings. The van der Waals surface area contributed by atoms with Gasteiger partial charge in [0.1, 0.15) is 5.82 Å². The minimum absolute atomic E-state index is 0.134. The molecular weight excluding hydrogens is 310 g/mol. The summed E-state index contributed by atoms with van der Waals surface area (Å²) in [5.74, 6) is 0.934. The van der Waals surface area contributed by atoms with E-state index < -0.39 is 0 Å². The molecule has 0 aliphatic carbocycles. The van der Waals surface area contributed by atoms with Gasteiger partial charge >= 0.3 is 0 Å². The Hall–Kier alpha value is -2.88. The van der Waals surface area contributed by atoms with E-state index in [0.29, 0.717) is 0 Å². The Bertz CT molecular complexity index is 883. The molecule has 0 radical (unpaired) electrons. The molecule has 25 heavy (non-hydrogen) atoms. The van der Waals surface area contributed by atoms with Crippen molar-refractivity contribution < 1.29 is 4.79 Å². The highest BCUT2D eigenvalue weighted by Gasteiger charge is 2.17. The van der Waals surface area contributed by atoms with Crippen molar-refractivity contribution in [1.29, 1.82) is 0 Å². The number of anilines is 2. The Labute approximate surface area is 147 Å². The number of carbonyl (C=O) groups is 1. The van der Waals surface area contributed by atoms with E-state index in [9.17, 15) is 4.79 Å². The minimum atomic E-state index is 0.134. The molecule has 1 aliphatic heterocycles. The second-order valence-electron chi connectivity index (χ2n) is 6.44. The summed E-state index contributed by atoms with van der Waals surface area (Å²) in [5.41, 5.74) is 2.64. The maximum absolute atomic E-state index is 12.5. The molecule has 2 aromatic carbocycles. The van der Waals surface area contributed by atoms with Crippen LogP contribution in [0, 0.1) is 0 Å². The number of hydrogen-bond donors (Lipinski definition) is 1. The summed E-state index contributed by atoms with van der Waals surface area (Å²) >= 11 is 0. The molecule has 0 bridgehead atoms. The molecule has 3 aromatic rings. The van der Waals surface area contributed by atoms with Gasteiger partial charge in [0.2, 0.25) is 0 Å². The molecule has 0 spiro atoms. The van der Waals surface area contributed by atoms with E-state index in [1.54, 1.807) is 0 Å². The quantitative estimate of drug-likeness (QED) is 0.762. The van der Waals surface area contributed by atoms with E-state index in [-0.39, 0.29) is 5.91 Å². The van der Waals surface area contributed by atoms with Crippen molar-refractivity contribution in [2.75, 3.05) is 18.4 Å². The SMILES string of the molecule is O=C(c1ccc(Nc2ccc3ccccc3n2)cc1)N1CCCCC1. The molecule has 2 heterocycles. The predicted octanol–water partition coefficient (Wildman–Crippen LogP) is 4.60. The summed E-state index contributed by atoms with van der Waals surface area (Å²) < 4.78 is 0. The molecule has 4 nitrogen and oxygen atoms in total. The highest BCUT2D eigenvalue weighted by Crippen LogP contribution is 2.20. The monoisotopic (exact) mass is 331 g/mol. The van der Waals surface area contributed by atoms with Crippen molar-refractivity contribution in [3.8, 4) is 0 Å². The van der Waals surface area contributed by atoms with Gasteiger partial charge in [-0.15, -0.1) is 0 Å². The second kappa shape index (κ2) is 6.93. The van der Waals surface area contributed by atoms with Gasteiger partial charge in [0.15, 0.2) is 0 Å². The molecule has 4 rings (SSSR count). The first-order chi connectivity index (χ1) is 12.3. The summed E-state index contributed by atoms with van der Waals surface area (Å²) in [6, 6.07) is 19.7. The molecule has 1 saturated heterocycles. The zero-order valence-corrected chi connectivity index (χ0v) is 14.1. The Balaban J connectivity index is 1.48. The van der Waals surface area contributed by atoms with Crippen LogP contribution in [0.3, 0.4) is 0 Å². The Morgan fingerprint density at radius 1 is 0.880 bits per heavy atom. The van der Waals surface area contributed by atoms with Crippen LogP contribution in [-0.4, -0.2) is 28.9 Å². The fourth-order valence-electron chi connectivity index (χ4n) is 3.26. The molecule has 1 N–H and O–H groups in total. The third-order valence-electron chi connectivity index (χ3n) is 4.65. The predicted molar refractivity (Wildman–Crippen MR) is 101 cm³/mol. The maximum atomic E-state index is 12.5. The normalized spacial score (nSPS) is 14.5. The first-order valence-electron chi connectivity index (χ1n) is 8.82. The summed E-state index contributed by atoms with van der Waals surface area (Å²) in [6.45, 7) is 1.75. The molecule has 1 amide bonds. The average Bonchev–Trinajstić information content (AvgIpc) is 2.69. The summed E-state index contributed by atoms with van der Waals surface area (Å²) in [4.78, 5) is 19.1. The van der Waals surface area contributed by atoms with E-state index in [0.717, 1.165) is 53.9 Å². The van der Waals surface area contributed by atoms with Gasteiger partial charge < -0.3 is 10.2 Å². The standard InChI is InChI=1S/C21H21N3O/c25-21(24-14-4-1-5-15-24)17-8-11-18(12-9-17)22-20-13-10-16-6-2-3-7-19(16)23-20/h2-3,6-13H,1,4-5,14-15H2,(H,22,23). The van der Waals surface area contributed by atoms with Crippen molar-refractivity contribution in [3.63, 3.8) is 0 Å². The van der Waals surface area contributed by atoms with E-state index in [4.69, 9.17) is 0 Å². The van der Waals surface area contributed by atoms with Gasteiger partial charge in [0.25, 0.3) is 5.91 Å². The number of benzene rings is 2.